The Kier molecular flexibility index (Phi) is 4.65. The van der Waals surface area contributed by atoms with Gasteiger partial charge >= 0.3 is 0 Å². The second-order valence-corrected chi connectivity index (χ2v) is 5.81. The second-order valence-electron chi connectivity index (χ2n) is 3.69. The van der Waals surface area contributed by atoms with E-state index in [2.05, 4.69) is 37.2 Å². The number of hydrogen-bond donors (Lipinski definition) is 1. The van der Waals surface area contributed by atoms with Gasteiger partial charge in [0.1, 0.15) is 5.82 Å². The lowest BCUT2D eigenvalue weighted by atomic mass is 10.2. The van der Waals surface area contributed by atoms with Crippen LogP contribution in [0.2, 0.25) is 5.02 Å². The van der Waals surface area contributed by atoms with Gasteiger partial charge in [0.15, 0.2) is 0 Å². The second kappa shape index (κ2) is 6.04. The Hall–Kier alpha value is -0.580. The summed E-state index contributed by atoms with van der Waals surface area (Å²) in [7, 11) is 0. The molecule has 1 N–H and O–H groups in total. The van der Waals surface area contributed by atoms with Crippen LogP contribution in [0.25, 0.3) is 0 Å². The molecule has 2 rings (SSSR count). The topological polar surface area (TPSA) is 12.0 Å². The monoisotopic (exact) mass is 391 g/mol. The summed E-state index contributed by atoms with van der Waals surface area (Å²) in [6, 6.07) is 10.5. The standard InChI is InChI=1S/C13H9Br2ClFN/c14-9-4-5-12(10(16)6-9)18-7-8-2-1-3-11(17)13(8)15/h1-6,18H,7H2. The lowest BCUT2D eigenvalue weighted by Gasteiger charge is -2.10. The zero-order valence-electron chi connectivity index (χ0n) is 9.18. The summed E-state index contributed by atoms with van der Waals surface area (Å²) < 4.78 is 14.7. The van der Waals surface area contributed by atoms with Crippen molar-refractivity contribution in [2.45, 2.75) is 6.54 Å². The van der Waals surface area contributed by atoms with Gasteiger partial charge in [0.25, 0.3) is 0 Å². The summed E-state index contributed by atoms with van der Waals surface area (Å²) in [5, 5.41) is 3.80. The molecule has 0 saturated heterocycles. The van der Waals surface area contributed by atoms with Crippen LogP contribution < -0.4 is 5.32 Å². The summed E-state index contributed by atoms with van der Waals surface area (Å²) in [5.74, 6) is -0.267. The van der Waals surface area contributed by atoms with Crippen molar-refractivity contribution in [3.63, 3.8) is 0 Å². The van der Waals surface area contributed by atoms with E-state index in [0.717, 1.165) is 15.7 Å². The zero-order valence-corrected chi connectivity index (χ0v) is 13.1. The Morgan fingerprint density at radius 3 is 2.67 bits per heavy atom. The van der Waals surface area contributed by atoms with Crippen molar-refractivity contribution in [1.82, 2.24) is 0 Å². The normalized spacial score (nSPS) is 10.4. The Balaban J connectivity index is 2.14. The minimum absolute atomic E-state index is 0.267. The molecule has 0 radical (unpaired) electrons. The lowest BCUT2D eigenvalue weighted by molar-refractivity contribution is 0.618. The van der Waals surface area contributed by atoms with Gasteiger partial charge in [-0.15, -0.1) is 0 Å². The van der Waals surface area contributed by atoms with Crippen molar-refractivity contribution in [3.05, 3.63) is 61.7 Å². The van der Waals surface area contributed by atoms with Crippen molar-refractivity contribution >= 4 is 49.1 Å². The molecule has 0 aliphatic rings. The molecule has 0 aromatic heterocycles. The first-order chi connectivity index (χ1) is 8.58. The maximum absolute atomic E-state index is 13.3. The molecule has 0 unspecified atom stereocenters. The van der Waals surface area contributed by atoms with Crippen molar-refractivity contribution in [1.29, 1.82) is 0 Å². The number of halogens is 4. The predicted molar refractivity (Wildman–Crippen MR) is 80.6 cm³/mol. The van der Waals surface area contributed by atoms with Gasteiger partial charge < -0.3 is 5.32 Å². The van der Waals surface area contributed by atoms with Crippen LogP contribution in [0, 0.1) is 5.82 Å². The summed E-state index contributed by atoms with van der Waals surface area (Å²) in [5.41, 5.74) is 1.66. The molecule has 0 bridgehead atoms. The molecule has 2 aromatic carbocycles. The minimum Gasteiger partial charge on any atom is -0.380 e. The van der Waals surface area contributed by atoms with E-state index in [4.69, 9.17) is 11.6 Å². The molecule has 1 nitrogen and oxygen atoms in total. The molecule has 0 fully saturated rings. The highest BCUT2D eigenvalue weighted by Crippen LogP contribution is 2.27. The summed E-state index contributed by atoms with van der Waals surface area (Å²) in [6.07, 6.45) is 0. The van der Waals surface area contributed by atoms with Crippen molar-refractivity contribution in [3.8, 4) is 0 Å². The third-order valence-corrected chi connectivity index (χ3v) is 4.13. The highest BCUT2D eigenvalue weighted by molar-refractivity contribution is 9.10. The SMILES string of the molecule is Fc1cccc(CNc2ccc(Br)cc2Cl)c1Br. The molecule has 18 heavy (non-hydrogen) atoms. The maximum atomic E-state index is 13.3. The van der Waals surface area contributed by atoms with Crippen LogP contribution in [0.5, 0.6) is 0 Å². The van der Waals surface area contributed by atoms with E-state index in [1.807, 2.05) is 24.3 Å². The molecular weight excluding hydrogens is 384 g/mol. The van der Waals surface area contributed by atoms with Gasteiger partial charge in [-0.05, 0) is 45.8 Å². The van der Waals surface area contributed by atoms with E-state index in [-0.39, 0.29) is 5.82 Å². The molecule has 0 saturated carbocycles. The highest BCUT2D eigenvalue weighted by Gasteiger charge is 2.06. The Morgan fingerprint density at radius 1 is 1.17 bits per heavy atom. The van der Waals surface area contributed by atoms with Crippen molar-refractivity contribution in [2.24, 2.45) is 0 Å². The van der Waals surface area contributed by atoms with Gasteiger partial charge in [0, 0.05) is 11.0 Å². The molecule has 2 aromatic rings. The Bertz CT molecular complexity index is 575. The van der Waals surface area contributed by atoms with Gasteiger partial charge in [-0.3, -0.25) is 0 Å². The number of rotatable bonds is 3. The van der Waals surface area contributed by atoms with E-state index in [1.165, 1.54) is 6.07 Å². The fraction of sp³-hybridized carbons (Fsp3) is 0.0769. The first kappa shape index (κ1) is 13.8. The van der Waals surface area contributed by atoms with Crippen molar-refractivity contribution in [2.75, 3.05) is 5.32 Å². The summed E-state index contributed by atoms with van der Waals surface area (Å²) >= 11 is 12.7. The van der Waals surface area contributed by atoms with E-state index in [9.17, 15) is 4.39 Å². The van der Waals surface area contributed by atoms with E-state index in [1.54, 1.807) is 6.07 Å². The predicted octanol–water partition coefficient (Wildman–Crippen LogP) is 5.62. The maximum Gasteiger partial charge on any atom is 0.137 e. The molecule has 0 aliphatic heterocycles. The molecule has 0 atom stereocenters. The number of hydrogen-bond acceptors (Lipinski definition) is 1. The zero-order chi connectivity index (χ0) is 13.1. The third kappa shape index (κ3) is 3.25. The largest absolute Gasteiger partial charge is 0.380 e. The van der Waals surface area contributed by atoms with Crippen LogP contribution in [0.4, 0.5) is 10.1 Å². The van der Waals surface area contributed by atoms with Crippen LogP contribution in [0.15, 0.2) is 45.3 Å². The van der Waals surface area contributed by atoms with Crippen LogP contribution in [0.3, 0.4) is 0 Å². The molecule has 5 heteroatoms. The van der Waals surface area contributed by atoms with Crippen LogP contribution in [0.1, 0.15) is 5.56 Å². The van der Waals surface area contributed by atoms with Gasteiger partial charge in [-0.25, -0.2) is 4.39 Å². The molecule has 0 heterocycles. The fourth-order valence-corrected chi connectivity index (χ4v) is 2.65. The number of anilines is 1. The van der Waals surface area contributed by atoms with Gasteiger partial charge in [-0.2, -0.15) is 0 Å². The number of nitrogens with one attached hydrogen (secondary N) is 1. The molecule has 0 amide bonds. The smallest absolute Gasteiger partial charge is 0.137 e. The Labute approximate surface area is 127 Å². The van der Waals surface area contributed by atoms with Gasteiger partial charge in [0.05, 0.1) is 15.2 Å². The molecule has 0 aliphatic carbocycles. The van der Waals surface area contributed by atoms with E-state index < -0.39 is 0 Å². The van der Waals surface area contributed by atoms with Crippen LogP contribution in [-0.4, -0.2) is 0 Å². The highest BCUT2D eigenvalue weighted by atomic mass is 79.9. The summed E-state index contributed by atoms with van der Waals surface area (Å²) in [4.78, 5) is 0. The van der Waals surface area contributed by atoms with Crippen LogP contribution >= 0.6 is 43.5 Å². The quantitative estimate of drug-likeness (QED) is 0.714. The first-order valence-corrected chi connectivity index (χ1v) is 7.16. The lowest BCUT2D eigenvalue weighted by Crippen LogP contribution is -2.01. The molecule has 94 valence electrons. The van der Waals surface area contributed by atoms with Gasteiger partial charge in [0.2, 0.25) is 0 Å². The molecule has 0 spiro atoms. The first-order valence-electron chi connectivity index (χ1n) is 5.20. The van der Waals surface area contributed by atoms with Gasteiger partial charge in [-0.1, -0.05) is 39.7 Å². The number of benzene rings is 2. The van der Waals surface area contributed by atoms with E-state index >= 15 is 0 Å². The minimum atomic E-state index is -0.267. The fourth-order valence-electron chi connectivity index (χ4n) is 1.51. The Morgan fingerprint density at radius 2 is 1.94 bits per heavy atom. The van der Waals surface area contributed by atoms with Crippen molar-refractivity contribution < 1.29 is 4.39 Å². The van der Waals surface area contributed by atoms with Crippen LogP contribution in [-0.2, 0) is 6.54 Å². The average Bonchev–Trinajstić information content (AvgIpc) is 2.33. The van der Waals surface area contributed by atoms with E-state index in [0.29, 0.717) is 16.0 Å². The third-order valence-electron chi connectivity index (χ3n) is 2.43. The average molecular weight is 393 g/mol. The molecular formula is C13H9Br2ClFN. The summed E-state index contributed by atoms with van der Waals surface area (Å²) in [6.45, 7) is 0.500.